The Morgan fingerprint density at radius 3 is 2.29 bits per heavy atom. The Morgan fingerprint density at radius 1 is 1.07 bits per heavy atom. The van der Waals surface area contributed by atoms with Gasteiger partial charge in [0.2, 0.25) is 0 Å². The van der Waals surface area contributed by atoms with E-state index >= 15 is 0 Å². The van der Waals surface area contributed by atoms with Gasteiger partial charge in [0, 0.05) is 30.1 Å². The summed E-state index contributed by atoms with van der Waals surface area (Å²) in [5.41, 5.74) is 0.356. The molecule has 0 radical (unpaired) electrons. The van der Waals surface area contributed by atoms with E-state index in [1.807, 2.05) is 6.08 Å². The van der Waals surface area contributed by atoms with Crippen molar-refractivity contribution in [3.05, 3.63) is 44.0 Å². The number of aliphatic hydroxyl groups is 1. The smallest absolute Gasteiger partial charge is 0.306 e. The maximum Gasteiger partial charge on any atom is 0.306 e. The van der Waals surface area contributed by atoms with E-state index in [0.29, 0.717) is 6.42 Å². The van der Waals surface area contributed by atoms with Crippen molar-refractivity contribution in [1.82, 2.24) is 0 Å². The zero-order valence-electron chi connectivity index (χ0n) is 25.8. The quantitative estimate of drug-likeness (QED) is 0.128. The van der Waals surface area contributed by atoms with Crippen molar-refractivity contribution in [3.8, 4) is 0 Å². The van der Waals surface area contributed by atoms with Gasteiger partial charge in [-0.15, -0.1) is 20.2 Å². The molecule has 3 fully saturated rings. The van der Waals surface area contributed by atoms with Crippen LogP contribution in [0.4, 0.5) is 0 Å². The number of fused-ring (bicyclic) bond motifs is 5. The van der Waals surface area contributed by atoms with Crippen molar-refractivity contribution in [1.29, 1.82) is 0 Å². The third kappa shape index (κ3) is 8.44. The Morgan fingerprint density at radius 2 is 1.69 bits per heavy atom. The van der Waals surface area contributed by atoms with Gasteiger partial charge in [-0.1, -0.05) is 32.4 Å². The molecule has 250 valence electrons. The van der Waals surface area contributed by atoms with Crippen LogP contribution in [-0.4, -0.2) is 69.8 Å². The van der Waals surface area contributed by atoms with Crippen LogP contribution >= 0.6 is 0 Å². The molecule has 4 rings (SSSR count). The van der Waals surface area contributed by atoms with Crippen LogP contribution in [0.15, 0.2) is 23.8 Å². The summed E-state index contributed by atoms with van der Waals surface area (Å²) in [7, 11) is 0. The number of hydrogen-bond donors (Lipinski definition) is 2. The van der Waals surface area contributed by atoms with Crippen LogP contribution in [0.2, 0.25) is 0 Å². The molecule has 8 atom stereocenters. The molecule has 45 heavy (non-hydrogen) atoms. The normalized spacial score (nSPS) is 32.8. The fourth-order valence-electron chi connectivity index (χ4n) is 8.41. The molecule has 0 bridgehead atoms. The summed E-state index contributed by atoms with van der Waals surface area (Å²) in [5, 5.41) is 37.3. The summed E-state index contributed by atoms with van der Waals surface area (Å²) >= 11 is 0. The summed E-state index contributed by atoms with van der Waals surface area (Å²) < 4.78 is 5.20. The summed E-state index contributed by atoms with van der Waals surface area (Å²) in [6.45, 7) is 5.62. The lowest BCUT2D eigenvalue weighted by molar-refractivity contribution is -0.757. The Bertz CT molecular complexity index is 1220. The lowest BCUT2D eigenvalue weighted by atomic mass is 9.46. The molecule has 15 heteroatoms. The minimum Gasteiger partial charge on any atom is -0.481 e. The van der Waals surface area contributed by atoms with E-state index in [9.17, 15) is 44.5 Å². The highest BCUT2D eigenvalue weighted by molar-refractivity contribution is 6.01. The first-order valence-corrected chi connectivity index (χ1v) is 15.2. The average Bonchev–Trinajstić information content (AvgIpc) is 3.21. The molecule has 0 aromatic heterocycles. The SMILES string of the molecule is C[C@@H]1CC2C3CCC4=CC(=O)C=CC4(C)C3C(O)CC2(C)C1C(=O)COC(=O)CCCO[N+](=O)[O-].O=C(O)CCCO[N+](=O)[O-]. The van der Waals surface area contributed by atoms with Gasteiger partial charge < -0.3 is 24.6 Å². The van der Waals surface area contributed by atoms with Crippen molar-refractivity contribution in [2.75, 3.05) is 19.8 Å². The van der Waals surface area contributed by atoms with Gasteiger partial charge in [-0.25, -0.2) is 0 Å². The number of rotatable bonds is 13. The standard InChI is InChI=1S/C26H35NO8.C4H7NO5/c1-15-11-19-18-7-6-16-12-17(28)8-9-25(16,2)24(18)20(29)13-26(19,3)23(15)21(30)14-34-22(31)5-4-10-35-27(32)33;6-4(7)2-1-3-10-5(8)9/h8-9,12,15,18-20,23-24,29H,4-7,10-11,13-14H2,1-3H3;1-3H2,(H,6,7)/t15-,18?,19?,20?,23?,24?,25?,26?;/m1./s1. The number of carboxylic acids is 1. The Hall–Kier alpha value is -3.88. The van der Waals surface area contributed by atoms with Crippen LogP contribution in [0.3, 0.4) is 0 Å². The maximum atomic E-state index is 13.3. The van der Waals surface area contributed by atoms with Crippen molar-refractivity contribution in [3.63, 3.8) is 0 Å². The number of esters is 1. The van der Waals surface area contributed by atoms with Crippen LogP contribution in [0.5, 0.6) is 0 Å². The lowest BCUT2D eigenvalue weighted by Crippen LogP contribution is -2.56. The first-order valence-electron chi connectivity index (χ1n) is 15.2. The predicted octanol–water partition coefficient (Wildman–Crippen LogP) is 3.29. The van der Waals surface area contributed by atoms with Crippen LogP contribution < -0.4 is 0 Å². The minimum absolute atomic E-state index is 0.00481. The largest absolute Gasteiger partial charge is 0.481 e. The van der Waals surface area contributed by atoms with Gasteiger partial charge in [0.15, 0.2) is 11.6 Å². The Kier molecular flexibility index (Phi) is 11.8. The molecule has 0 amide bonds. The molecule has 4 aliphatic rings. The van der Waals surface area contributed by atoms with Gasteiger partial charge in [0.1, 0.15) is 6.61 Å². The highest BCUT2D eigenvalue weighted by atomic mass is 17.0. The fourth-order valence-corrected chi connectivity index (χ4v) is 8.41. The van der Waals surface area contributed by atoms with E-state index in [4.69, 9.17) is 9.84 Å². The zero-order chi connectivity index (χ0) is 33.5. The molecule has 0 aromatic carbocycles. The molecule has 0 saturated heterocycles. The first kappa shape index (κ1) is 35.6. The number of carbonyl (C=O) groups is 4. The molecule has 0 aromatic rings. The second-order valence-corrected chi connectivity index (χ2v) is 12.8. The Labute approximate surface area is 260 Å². The van der Waals surface area contributed by atoms with Gasteiger partial charge >= 0.3 is 11.9 Å². The zero-order valence-corrected chi connectivity index (χ0v) is 25.8. The number of ketones is 2. The summed E-state index contributed by atoms with van der Waals surface area (Å²) in [5.74, 6) is -1.39. The molecule has 7 unspecified atom stereocenters. The van der Waals surface area contributed by atoms with Crippen LogP contribution in [0.1, 0.15) is 72.1 Å². The van der Waals surface area contributed by atoms with Gasteiger partial charge in [-0.2, -0.15) is 0 Å². The van der Waals surface area contributed by atoms with Crippen molar-refractivity contribution < 1.29 is 54.0 Å². The number of hydrogen-bond acceptors (Lipinski definition) is 12. The second kappa shape index (κ2) is 14.9. The van der Waals surface area contributed by atoms with Crippen molar-refractivity contribution in [2.24, 2.45) is 40.4 Å². The highest BCUT2D eigenvalue weighted by Gasteiger charge is 2.64. The third-order valence-electron chi connectivity index (χ3n) is 10.0. The molecular formula is C30H42N2O13. The van der Waals surface area contributed by atoms with Gasteiger partial charge in [-0.05, 0) is 73.8 Å². The van der Waals surface area contributed by atoms with E-state index < -0.39 is 33.6 Å². The molecule has 2 N–H and O–H groups in total. The topological polar surface area (TPSA) is 223 Å². The molecule has 0 spiro atoms. The molecule has 0 aliphatic heterocycles. The van der Waals surface area contributed by atoms with E-state index in [2.05, 4.69) is 30.4 Å². The van der Waals surface area contributed by atoms with E-state index in [1.54, 1.807) is 12.2 Å². The van der Waals surface area contributed by atoms with E-state index in [1.165, 1.54) is 0 Å². The maximum absolute atomic E-state index is 13.3. The lowest BCUT2D eigenvalue weighted by Gasteiger charge is -2.58. The average molecular weight is 639 g/mol. The molecule has 15 nitrogen and oxygen atoms in total. The molecule has 0 heterocycles. The molecule has 4 aliphatic carbocycles. The van der Waals surface area contributed by atoms with E-state index in [0.717, 1.165) is 24.8 Å². The fraction of sp³-hybridized carbons (Fsp3) is 0.733. The molecule has 3 saturated carbocycles. The number of ether oxygens (including phenoxy) is 1. The Balaban J connectivity index is 0.000000477. The van der Waals surface area contributed by atoms with Gasteiger partial charge in [-0.3, -0.25) is 19.2 Å². The minimum atomic E-state index is -0.980. The third-order valence-corrected chi connectivity index (χ3v) is 10.0. The first-order chi connectivity index (χ1) is 21.1. The number of aliphatic carboxylic acids is 1. The second-order valence-electron chi connectivity index (χ2n) is 12.8. The summed E-state index contributed by atoms with van der Waals surface area (Å²) in [4.78, 5) is 74.8. The van der Waals surface area contributed by atoms with Crippen molar-refractivity contribution in [2.45, 2.75) is 78.2 Å². The monoisotopic (exact) mass is 638 g/mol. The predicted molar refractivity (Wildman–Crippen MR) is 154 cm³/mol. The summed E-state index contributed by atoms with van der Waals surface area (Å²) in [6.07, 6.45) is 7.95. The van der Waals surface area contributed by atoms with Gasteiger partial charge in [0.25, 0.3) is 10.2 Å². The van der Waals surface area contributed by atoms with Crippen molar-refractivity contribution >= 4 is 23.5 Å². The highest BCUT2D eigenvalue weighted by Crippen LogP contribution is 2.67. The molecular weight excluding hydrogens is 596 g/mol. The van der Waals surface area contributed by atoms with Crippen LogP contribution in [0, 0.1) is 60.6 Å². The van der Waals surface area contributed by atoms with Gasteiger partial charge in [0.05, 0.1) is 19.3 Å². The number of nitrogens with zero attached hydrogens (tertiary/aromatic N) is 2. The number of carbonyl (C=O) groups excluding carboxylic acids is 3. The van der Waals surface area contributed by atoms with Crippen LogP contribution in [0.25, 0.3) is 0 Å². The summed E-state index contributed by atoms with van der Waals surface area (Å²) in [6, 6.07) is 0. The number of aliphatic hydroxyl groups excluding tert-OH is 1. The number of Topliss-reactive ketones (excluding diaryl/α,β-unsaturated/α-hetero) is 1. The van der Waals surface area contributed by atoms with Crippen LogP contribution in [-0.2, 0) is 33.6 Å². The number of carboxylic acid groups (broad SMARTS) is 1. The van der Waals surface area contributed by atoms with E-state index in [-0.39, 0.29) is 92.1 Å². The number of allylic oxidation sites excluding steroid dienone is 4.